The molecule has 0 unspecified atom stereocenters. The molecule has 4 N–H and O–H groups in total. The lowest BCUT2D eigenvalue weighted by atomic mass is 10.1. The second-order valence-electron chi connectivity index (χ2n) is 15.2. The number of amides is 2. The van der Waals surface area contributed by atoms with Crippen LogP contribution in [0.5, 0.6) is 23.0 Å². The van der Waals surface area contributed by atoms with Gasteiger partial charge >= 0.3 is 0 Å². The van der Waals surface area contributed by atoms with Crippen molar-refractivity contribution in [3.05, 3.63) is 155 Å². The maximum atomic E-state index is 13.3. The molecule has 0 atom stereocenters. The van der Waals surface area contributed by atoms with Crippen molar-refractivity contribution >= 4 is 68.5 Å². The molecule has 0 saturated heterocycles. The summed E-state index contributed by atoms with van der Waals surface area (Å²) in [4.78, 5) is 68.0. The molecular weight excluding hydrogens is 881 g/mol. The van der Waals surface area contributed by atoms with E-state index in [1.807, 2.05) is 25.1 Å². The highest BCUT2D eigenvalue weighted by molar-refractivity contribution is 6.02. The van der Waals surface area contributed by atoms with Gasteiger partial charge in [-0.25, -0.2) is 9.97 Å². The number of carbonyl (C=O) groups is 2. The minimum Gasteiger partial charge on any atom is -0.497 e. The largest absolute Gasteiger partial charge is 0.497 e. The van der Waals surface area contributed by atoms with E-state index in [0.29, 0.717) is 90.1 Å². The number of aromatic nitrogens is 6. The van der Waals surface area contributed by atoms with Gasteiger partial charge in [-0.1, -0.05) is 37.4 Å². The zero-order valence-electron chi connectivity index (χ0n) is 38.8. The first kappa shape index (κ1) is 47.6. The van der Waals surface area contributed by atoms with Crippen LogP contribution in [0.4, 0.5) is 34.6 Å². The first-order valence-electron chi connectivity index (χ1n) is 21.1. The van der Waals surface area contributed by atoms with Gasteiger partial charge in [0.25, 0.3) is 11.1 Å². The molecule has 2 amide bonds. The van der Waals surface area contributed by atoms with Gasteiger partial charge in [0.2, 0.25) is 23.7 Å². The Balaban J connectivity index is 0.000000204. The number of nitrogens with zero attached hydrogens (tertiary/aromatic N) is 6. The van der Waals surface area contributed by atoms with Gasteiger partial charge in [0.05, 0.1) is 51.2 Å². The van der Waals surface area contributed by atoms with Gasteiger partial charge in [0.15, 0.2) is 0 Å². The topological polar surface area (TPSA) is 215 Å². The summed E-state index contributed by atoms with van der Waals surface area (Å²) >= 11 is 0. The fourth-order valence-corrected chi connectivity index (χ4v) is 7.19. The van der Waals surface area contributed by atoms with Crippen molar-refractivity contribution in [3.63, 3.8) is 0 Å². The number of anilines is 6. The molecule has 350 valence electrons. The number of ether oxygens (including phenoxy) is 4. The number of benzene rings is 4. The van der Waals surface area contributed by atoms with E-state index in [4.69, 9.17) is 18.9 Å². The molecule has 4 aromatic carbocycles. The zero-order chi connectivity index (χ0) is 49.4. The summed E-state index contributed by atoms with van der Waals surface area (Å²) < 4.78 is 24.3. The van der Waals surface area contributed by atoms with E-state index in [1.165, 1.54) is 21.3 Å². The van der Waals surface area contributed by atoms with Crippen LogP contribution in [-0.2, 0) is 23.7 Å². The van der Waals surface area contributed by atoms with Gasteiger partial charge in [-0.3, -0.25) is 28.3 Å². The highest BCUT2D eigenvalue weighted by Crippen LogP contribution is 2.33. The summed E-state index contributed by atoms with van der Waals surface area (Å²) in [5.41, 5.74) is 5.94. The van der Waals surface area contributed by atoms with Crippen molar-refractivity contribution in [2.45, 2.75) is 6.92 Å². The lowest BCUT2D eigenvalue weighted by Gasteiger charge is -2.15. The SMILES string of the molecule is C=CC(=O)Nc1cccc(C)c1Nc1ncc2cc(-c3cc(OC)cc(OC)c3)c(=O)n(C)c2n1.C=CC(=O)Nc1ccccc1Nc1ncc2cc(-c3cc(OC)cc(OC)c3)c(=O)n(C)c2n1. The van der Waals surface area contributed by atoms with Gasteiger partial charge in [0.1, 0.15) is 34.3 Å². The monoisotopic (exact) mass is 928 g/mol. The Kier molecular flexibility index (Phi) is 14.4. The average molecular weight is 929 g/mol. The number of methoxy groups -OCH3 is 4. The lowest BCUT2D eigenvalue weighted by Crippen LogP contribution is -2.20. The van der Waals surface area contributed by atoms with Crippen LogP contribution in [0.25, 0.3) is 44.3 Å². The van der Waals surface area contributed by atoms with Crippen LogP contribution in [-0.4, -0.2) is 69.3 Å². The third kappa shape index (κ3) is 10.5. The number of hydrogen-bond donors (Lipinski definition) is 4. The van der Waals surface area contributed by atoms with E-state index in [2.05, 4.69) is 54.4 Å². The number of hydrogen-bond acceptors (Lipinski definition) is 14. The smallest absolute Gasteiger partial charge is 0.259 e. The van der Waals surface area contributed by atoms with Crippen LogP contribution in [0.2, 0.25) is 0 Å². The van der Waals surface area contributed by atoms with Crippen molar-refractivity contribution < 1.29 is 28.5 Å². The predicted octanol–water partition coefficient (Wildman–Crippen LogP) is 8.07. The van der Waals surface area contributed by atoms with Crippen LogP contribution in [0.3, 0.4) is 0 Å². The summed E-state index contributed by atoms with van der Waals surface area (Å²) in [5.74, 6) is 2.21. The molecule has 4 aromatic heterocycles. The number of pyridine rings is 2. The quantitative estimate of drug-likeness (QED) is 0.0760. The van der Waals surface area contributed by atoms with E-state index in [9.17, 15) is 19.2 Å². The molecule has 0 radical (unpaired) electrons. The fraction of sp³-hybridized carbons (Fsp3) is 0.137. The molecule has 8 rings (SSSR count). The number of rotatable bonds is 14. The summed E-state index contributed by atoms with van der Waals surface area (Å²) in [7, 11) is 9.54. The fourth-order valence-electron chi connectivity index (χ4n) is 7.19. The Bertz CT molecular complexity index is 3380. The van der Waals surface area contributed by atoms with E-state index >= 15 is 0 Å². The molecule has 4 heterocycles. The Morgan fingerprint density at radius 3 is 1.43 bits per heavy atom. The molecule has 69 heavy (non-hydrogen) atoms. The summed E-state index contributed by atoms with van der Waals surface area (Å²) in [6, 6.07) is 26.7. The van der Waals surface area contributed by atoms with Crippen molar-refractivity contribution in [2.75, 3.05) is 49.7 Å². The zero-order valence-corrected chi connectivity index (χ0v) is 38.8. The third-order valence-corrected chi connectivity index (χ3v) is 10.8. The first-order chi connectivity index (χ1) is 33.3. The third-order valence-electron chi connectivity index (χ3n) is 10.8. The summed E-state index contributed by atoms with van der Waals surface area (Å²) in [6.45, 7) is 8.86. The molecule has 0 spiro atoms. The molecule has 8 aromatic rings. The van der Waals surface area contributed by atoms with E-state index < -0.39 is 0 Å². The predicted molar refractivity (Wildman–Crippen MR) is 268 cm³/mol. The molecule has 0 bridgehead atoms. The molecule has 18 nitrogen and oxygen atoms in total. The van der Waals surface area contributed by atoms with Crippen LogP contribution in [0, 0.1) is 6.92 Å². The highest BCUT2D eigenvalue weighted by Gasteiger charge is 2.17. The van der Waals surface area contributed by atoms with E-state index in [-0.39, 0.29) is 34.8 Å². The van der Waals surface area contributed by atoms with Crippen molar-refractivity contribution in [2.24, 2.45) is 14.1 Å². The number of nitrogens with one attached hydrogen (secondary N) is 4. The summed E-state index contributed by atoms with van der Waals surface area (Å²) in [6.07, 6.45) is 5.67. The Hall–Kier alpha value is -9.32. The van der Waals surface area contributed by atoms with Crippen molar-refractivity contribution in [1.29, 1.82) is 0 Å². The van der Waals surface area contributed by atoms with Gasteiger partial charge in [-0.15, -0.1) is 0 Å². The Morgan fingerprint density at radius 2 is 0.986 bits per heavy atom. The second kappa shape index (κ2) is 20.9. The van der Waals surface area contributed by atoms with Crippen LogP contribution >= 0.6 is 0 Å². The minimum absolute atomic E-state index is 0.229. The molecular formula is C51H48N10O8. The maximum Gasteiger partial charge on any atom is 0.259 e. The van der Waals surface area contributed by atoms with Crippen molar-refractivity contribution in [3.8, 4) is 45.3 Å². The van der Waals surface area contributed by atoms with Gasteiger partial charge in [0, 0.05) is 60.5 Å². The maximum absolute atomic E-state index is 13.3. The number of fused-ring (bicyclic) bond motifs is 2. The highest BCUT2D eigenvalue weighted by atomic mass is 16.5. The van der Waals surface area contributed by atoms with Gasteiger partial charge < -0.3 is 40.2 Å². The molecule has 0 aliphatic rings. The van der Waals surface area contributed by atoms with Crippen LogP contribution in [0.15, 0.2) is 138 Å². The van der Waals surface area contributed by atoms with E-state index in [1.54, 1.807) is 128 Å². The van der Waals surface area contributed by atoms with Crippen LogP contribution in [0.1, 0.15) is 5.56 Å². The normalized spacial score (nSPS) is 10.6. The van der Waals surface area contributed by atoms with E-state index in [0.717, 1.165) is 5.56 Å². The van der Waals surface area contributed by atoms with Crippen molar-refractivity contribution in [1.82, 2.24) is 29.1 Å². The van der Waals surface area contributed by atoms with Gasteiger partial charge in [-0.05, 0) is 90.4 Å². The second-order valence-corrected chi connectivity index (χ2v) is 15.2. The average Bonchev–Trinajstić information content (AvgIpc) is 3.37. The van der Waals surface area contributed by atoms with Crippen LogP contribution < -0.4 is 51.3 Å². The standard InChI is InChI=1S/C26H25N5O4.C25H23N5O4/c1-6-22(32)28-21-9-7-8-15(2)23(21)29-26-27-14-17-12-20(25(33)31(3)24(17)30-26)16-10-18(34-4)13-19(11-16)35-5;1-5-22(31)27-20-8-6-7-9-21(20)28-25-26-14-16-12-19(24(32)30(2)23(16)29-25)15-10-17(33-3)13-18(11-15)34-4/h6-14H,1H2,2-5H3,(H,28,32)(H,27,29,30);5-14H,1H2,2-4H3,(H,27,31)(H,26,28,29). The van der Waals surface area contributed by atoms with Gasteiger partial charge in [-0.2, -0.15) is 9.97 Å². The minimum atomic E-state index is -0.335. The Morgan fingerprint density at radius 1 is 0.565 bits per heavy atom. The molecule has 0 saturated carbocycles. The molecule has 18 heteroatoms. The lowest BCUT2D eigenvalue weighted by molar-refractivity contribution is -0.112. The molecule has 0 aliphatic heterocycles. The number of carbonyl (C=O) groups excluding carboxylic acids is 2. The molecule has 0 fully saturated rings. The first-order valence-corrected chi connectivity index (χ1v) is 21.1. The number of para-hydroxylation sites is 3. The summed E-state index contributed by atoms with van der Waals surface area (Å²) in [5, 5.41) is 13.1. The molecule has 0 aliphatic carbocycles. The Labute approximate surface area is 395 Å². The number of aryl methyl sites for hydroxylation is 3.